The van der Waals surface area contributed by atoms with Gasteiger partial charge in [0.05, 0.1) is 22.2 Å². The molecule has 51 heavy (non-hydrogen) atoms. The highest BCUT2D eigenvalue weighted by Gasteiger charge is 2.41. The normalized spacial score (nSPS) is 13.5. The summed E-state index contributed by atoms with van der Waals surface area (Å²) in [5, 5.41) is 6.38. The molecule has 0 radical (unpaired) electrons. The van der Waals surface area contributed by atoms with Gasteiger partial charge in [-0.2, -0.15) is 0 Å². The van der Waals surface area contributed by atoms with Crippen LogP contribution in [0.5, 0.6) is 0 Å². The Balaban J connectivity index is 1.26. The molecule has 0 saturated heterocycles. The van der Waals surface area contributed by atoms with Gasteiger partial charge in [-0.25, -0.2) is 9.97 Å². The van der Waals surface area contributed by atoms with Crippen LogP contribution in [0.3, 0.4) is 0 Å². The van der Waals surface area contributed by atoms with E-state index in [4.69, 9.17) is 9.97 Å². The van der Waals surface area contributed by atoms with Crippen molar-refractivity contribution in [3.05, 3.63) is 163 Å². The van der Waals surface area contributed by atoms with Gasteiger partial charge in [0.2, 0.25) is 0 Å². The SMILES string of the molecule is CC1(C)c2ccccc2-c2c1c1c(c3ccccc3n1-c1cccc(-c3nc(-c4ccccc4)c4ccccc4n3)c1)c1sc3ccccc3c21. The third-order valence-corrected chi connectivity index (χ3v) is 12.1. The highest BCUT2D eigenvalue weighted by Crippen LogP contribution is 2.58. The topological polar surface area (TPSA) is 30.7 Å². The van der Waals surface area contributed by atoms with Gasteiger partial charge in [0.25, 0.3) is 0 Å². The number of aromatic nitrogens is 3. The van der Waals surface area contributed by atoms with Crippen LogP contribution in [-0.2, 0) is 5.41 Å². The average molecular weight is 670 g/mol. The Morgan fingerprint density at radius 2 is 1.29 bits per heavy atom. The molecular formula is C47H31N3S. The molecule has 3 aromatic heterocycles. The molecule has 240 valence electrons. The number of para-hydroxylation sites is 2. The van der Waals surface area contributed by atoms with Gasteiger partial charge in [-0.15, -0.1) is 11.3 Å². The second kappa shape index (κ2) is 10.5. The molecule has 7 aromatic carbocycles. The van der Waals surface area contributed by atoms with Crippen LogP contribution in [0.1, 0.15) is 25.0 Å². The summed E-state index contributed by atoms with van der Waals surface area (Å²) in [6.45, 7) is 4.81. The van der Waals surface area contributed by atoms with Crippen LogP contribution >= 0.6 is 11.3 Å². The zero-order chi connectivity index (χ0) is 33.8. The number of benzene rings is 7. The third-order valence-electron chi connectivity index (χ3n) is 10.9. The second-order valence-corrected chi connectivity index (χ2v) is 15.2. The lowest BCUT2D eigenvalue weighted by Gasteiger charge is -2.24. The average Bonchev–Trinajstić information content (AvgIpc) is 3.80. The van der Waals surface area contributed by atoms with Crippen LogP contribution in [0.15, 0.2) is 152 Å². The number of hydrogen-bond donors (Lipinski definition) is 0. The first-order chi connectivity index (χ1) is 25.1. The van der Waals surface area contributed by atoms with Gasteiger partial charge < -0.3 is 4.57 Å². The van der Waals surface area contributed by atoms with E-state index in [-0.39, 0.29) is 5.41 Å². The Kier molecular flexibility index (Phi) is 5.89. The number of rotatable bonds is 3. The van der Waals surface area contributed by atoms with Crippen LogP contribution < -0.4 is 0 Å². The first-order valence-corrected chi connectivity index (χ1v) is 18.3. The Bertz CT molecular complexity index is 3060. The van der Waals surface area contributed by atoms with Crippen molar-refractivity contribution in [1.29, 1.82) is 0 Å². The summed E-state index contributed by atoms with van der Waals surface area (Å²) in [6.07, 6.45) is 0. The van der Waals surface area contributed by atoms with Gasteiger partial charge >= 0.3 is 0 Å². The number of nitrogens with zero attached hydrogens (tertiary/aromatic N) is 3. The van der Waals surface area contributed by atoms with Crippen LogP contribution in [0.4, 0.5) is 0 Å². The fourth-order valence-electron chi connectivity index (χ4n) is 8.75. The molecule has 3 nitrogen and oxygen atoms in total. The van der Waals surface area contributed by atoms with Gasteiger partial charge in [0.15, 0.2) is 5.82 Å². The number of thiophene rings is 1. The number of fused-ring (bicyclic) bond motifs is 13. The van der Waals surface area contributed by atoms with Crippen molar-refractivity contribution < 1.29 is 0 Å². The molecule has 0 fully saturated rings. The lowest BCUT2D eigenvalue weighted by molar-refractivity contribution is 0.664. The zero-order valence-corrected chi connectivity index (χ0v) is 29.0. The third kappa shape index (κ3) is 3.94. The summed E-state index contributed by atoms with van der Waals surface area (Å²) in [6, 6.07) is 54.5. The fourth-order valence-corrected chi connectivity index (χ4v) is 10.0. The van der Waals surface area contributed by atoms with Gasteiger partial charge in [-0.3, -0.25) is 0 Å². The van der Waals surface area contributed by atoms with Crippen LogP contribution in [0.2, 0.25) is 0 Å². The summed E-state index contributed by atoms with van der Waals surface area (Å²) >= 11 is 1.92. The van der Waals surface area contributed by atoms with E-state index in [2.05, 4.69) is 164 Å². The van der Waals surface area contributed by atoms with Crippen molar-refractivity contribution >= 4 is 64.2 Å². The second-order valence-electron chi connectivity index (χ2n) is 14.1. The standard InChI is InChI=1S/C47H31N3S/c1-47(2)35-23-10-6-19-31(35)39-40-34-22-9-13-26-38(34)51-45(40)41-33-21-8-12-25-37(33)50(44(41)42(39)47)30-18-14-17-29(27-30)46-48-36-24-11-7-20-32(36)43(49-46)28-15-4-3-5-16-28/h3-27H,1-2H3. The van der Waals surface area contributed by atoms with E-state index in [1.165, 1.54) is 64.2 Å². The lowest BCUT2D eigenvalue weighted by Crippen LogP contribution is -2.16. The van der Waals surface area contributed by atoms with Crippen molar-refractivity contribution in [3.8, 4) is 39.5 Å². The summed E-state index contributed by atoms with van der Waals surface area (Å²) in [7, 11) is 0. The van der Waals surface area contributed by atoms with Gasteiger partial charge in [-0.05, 0) is 52.6 Å². The maximum Gasteiger partial charge on any atom is 0.160 e. The monoisotopic (exact) mass is 669 g/mol. The molecule has 1 aliphatic carbocycles. The van der Waals surface area contributed by atoms with Gasteiger partial charge in [0, 0.05) is 58.6 Å². The van der Waals surface area contributed by atoms with Gasteiger partial charge in [-0.1, -0.05) is 135 Å². The maximum absolute atomic E-state index is 5.24. The van der Waals surface area contributed by atoms with E-state index in [0.29, 0.717) is 0 Å². The predicted octanol–water partition coefficient (Wildman–Crippen LogP) is 12.7. The van der Waals surface area contributed by atoms with Crippen molar-refractivity contribution in [2.45, 2.75) is 19.3 Å². The van der Waals surface area contributed by atoms with Crippen molar-refractivity contribution in [2.24, 2.45) is 0 Å². The highest BCUT2D eigenvalue weighted by molar-refractivity contribution is 7.27. The first-order valence-electron chi connectivity index (χ1n) is 17.5. The minimum Gasteiger partial charge on any atom is -0.309 e. The molecule has 3 heterocycles. The van der Waals surface area contributed by atoms with E-state index in [9.17, 15) is 0 Å². The van der Waals surface area contributed by atoms with Crippen LogP contribution in [0.25, 0.3) is 92.3 Å². The van der Waals surface area contributed by atoms with Gasteiger partial charge in [0.1, 0.15) is 0 Å². The van der Waals surface area contributed by atoms with Crippen molar-refractivity contribution in [3.63, 3.8) is 0 Å². The molecule has 11 rings (SSSR count). The molecule has 0 saturated carbocycles. The highest BCUT2D eigenvalue weighted by atomic mass is 32.1. The molecule has 0 unspecified atom stereocenters. The van der Waals surface area contributed by atoms with E-state index < -0.39 is 0 Å². The molecule has 0 N–H and O–H groups in total. The van der Waals surface area contributed by atoms with Crippen LogP contribution in [-0.4, -0.2) is 14.5 Å². The number of hydrogen-bond acceptors (Lipinski definition) is 3. The molecule has 1 aliphatic rings. The summed E-state index contributed by atoms with van der Waals surface area (Å²) in [4.78, 5) is 10.4. The van der Waals surface area contributed by atoms with Crippen molar-refractivity contribution in [2.75, 3.05) is 0 Å². The fraction of sp³-hybridized carbons (Fsp3) is 0.0638. The molecule has 0 atom stereocenters. The van der Waals surface area contributed by atoms with E-state index in [1.807, 2.05) is 17.4 Å². The van der Waals surface area contributed by atoms with E-state index >= 15 is 0 Å². The maximum atomic E-state index is 5.24. The molecule has 0 aliphatic heterocycles. The molecule has 0 spiro atoms. The molecule has 4 heteroatoms. The predicted molar refractivity (Wildman–Crippen MR) is 215 cm³/mol. The quantitative estimate of drug-likeness (QED) is 0.187. The van der Waals surface area contributed by atoms with E-state index in [0.717, 1.165) is 39.2 Å². The molecular weight excluding hydrogens is 639 g/mol. The first kappa shape index (κ1) is 28.7. The summed E-state index contributed by atoms with van der Waals surface area (Å²) in [5.74, 6) is 0.722. The Hall–Kier alpha value is -6.10. The van der Waals surface area contributed by atoms with E-state index in [1.54, 1.807) is 0 Å². The minimum absolute atomic E-state index is 0.211. The Labute approximate surface area is 299 Å². The lowest BCUT2D eigenvalue weighted by atomic mass is 9.81. The summed E-state index contributed by atoms with van der Waals surface area (Å²) < 4.78 is 5.20. The molecule has 10 aromatic rings. The Morgan fingerprint density at radius 1 is 0.588 bits per heavy atom. The molecule has 0 bridgehead atoms. The minimum atomic E-state index is -0.211. The summed E-state index contributed by atoms with van der Waals surface area (Å²) in [5.41, 5.74) is 12.8. The smallest absolute Gasteiger partial charge is 0.160 e. The Morgan fingerprint density at radius 3 is 2.18 bits per heavy atom. The molecule has 0 amide bonds. The van der Waals surface area contributed by atoms with Crippen LogP contribution in [0, 0.1) is 0 Å². The largest absolute Gasteiger partial charge is 0.309 e. The zero-order valence-electron chi connectivity index (χ0n) is 28.2. The van der Waals surface area contributed by atoms with Crippen molar-refractivity contribution in [1.82, 2.24) is 14.5 Å².